The van der Waals surface area contributed by atoms with Crippen LogP contribution in [0.5, 0.6) is 0 Å². The van der Waals surface area contributed by atoms with Crippen molar-refractivity contribution in [3.8, 4) is 0 Å². The lowest BCUT2D eigenvalue weighted by atomic mass is 9.64. The van der Waals surface area contributed by atoms with Crippen molar-refractivity contribution in [1.29, 1.82) is 0 Å². The van der Waals surface area contributed by atoms with Gasteiger partial charge in [0.05, 0.1) is 24.9 Å². The monoisotopic (exact) mass is 395 g/mol. The molecule has 5 aliphatic rings. The van der Waals surface area contributed by atoms with Gasteiger partial charge in [0.1, 0.15) is 24.0 Å². The van der Waals surface area contributed by atoms with Gasteiger partial charge in [0.2, 0.25) is 0 Å². The van der Waals surface area contributed by atoms with Crippen LogP contribution in [0.2, 0.25) is 0 Å². The summed E-state index contributed by atoms with van der Waals surface area (Å²) in [6, 6.07) is 0.224. The van der Waals surface area contributed by atoms with Gasteiger partial charge in [0.25, 0.3) is 0 Å². The van der Waals surface area contributed by atoms with Gasteiger partial charge < -0.3 is 24.3 Å². The molecule has 0 amide bonds. The van der Waals surface area contributed by atoms with Crippen LogP contribution in [0.3, 0.4) is 0 Å². The number of aliphatic hydroxyl groups is 1. The number of fused-ring (bicyclic) bond motifs is 3. The van der Waals surface area contributed by atoms with Crippen LogP contribution >= 0.6 is 0 Å². The largest absolute Gasteiger partial charge is 0.393 e. The van der Waals surface area contributed by atoms with E-state index in [0.29, 0.717) is 12.5 Å². The zero-order valence-corrected chi connectivity index (χ0v) is 17.7. The van der Waals surface area contributed by atoms with Crippen molar-refractivity contribution in [2.75, 3.05) is 52.5 Å². The van der Waals surface area contributed by atoms with Crippen LogP contribution in [0.15, 0.2) is 5.16 Å². The fourth-order valence-electron chi connectivity index (χ4n) is 5.65. The highest BCUT2D eigenvalue weighted by molar-refractivity contribution is 5.98. The summed E-state index contributed by atoms with van der Waals surface area (Å²) in [5, 5.41) is 14.9. The van der Waals surface area contributed by atoms with Crippen LogP contribution in [0.4, 0.5) is 0 Å². The number of hydrogen-bond donors (Lipinski definition) is 1. The normalized spacial score (nSPS) is 38.8. The molecule has 5 rings (SSSR count). The maximum absolute atomic E-state index is 10.3. The summed E-state index contributed by atoms with van der Waals surface area (Å²) >= 11 is 0. The number of aliphatic hydroxyl groups excluding tert-OH is 1. The van der Waals surface area contributed by atoms with Crippen LogP contribution in [0, 0.1) is 5.92 Å². The van der Waals surface area contributed by atoms with Gasteiger partial charge in [-0.05, 0) is 59.5 Å². The van der Waals surface area contributed by atoms with E-state index in [1.54, 1.807) is 0 Å². The molecule has 0 aromatic heterocycles. The molecule has 28 heavy (non-hydrogen) atoms. The molecule has 0 spiro atoms. The number of likely N-dealkylation sites (tertiary alicyclic amines) is 1. The first kappa shape index (κ1) is 20.5. The minimum atomic E-state index is -0.504. The van der Waals surface area contributed by atoms with Crippen LogP contribution in [0.25, 0.3) is 0 Å². The minimum Gasteiger partial charge on any atom is -0.393 e. The lowest BCUT2D eigenvalue weighted by molar-refractivity contribution is -0.199. The predicted octanol–water partition coefficient (Wildman–Crippen LogP) is 1.49. The van der Waals surface area contributed by atoms with Gasteiger partial charge in [-0.15, -0.1) is 0 Å². The highest BCUT2D eigenvalue weighted by Crippen LogP contribution is 2.50. The highest BCUT2D eigenvalue weighted by atomic mass is 16.6. The molecule has 4 heterocycles. The van der Waals surface area contributed by atoms with Gasteiger partial charge in [-0.25, -0.2) is 0 Å². The van der Waals surface area contributed by atoms with Crippen molar-refractivity contribution in [3.63, 3.8) is 0 Å². The average Bonchev–Trinajstić information content (AvgIpc) is 3.15. The number of hydrogen-bond acceptors (Lipinski definition) is 7. The van der Waals surface area contributed by atoms with Crippen LogP contribution in [0.1, 0.15) is 46.5 Å². The summed E-state index contributed by atoms with van der Waals surface area (Å²) < 4.78 is 12.1. The fourth-order valence-corrected chi connectivity index (χ4v) is 5.65. The Bertz CT molecular complexity index is 572. The molecule has 0 aromatic rings. The smallest absolute Gasteiger partial charge is 0.144 e. The fraction of sp³-hybridized carbons (Fsp3) is 0.952. The van der Waals surface area contributed by atoms with Gasteiger partial charge in [-0.2, -0.15) is 0 Å². The van der Waals surface area contributed by atoms with Gasteiger partial charge in [0.15, 0.2) is 0 Å². The van der Waals surface area contributed by atoms with E-state index in [2.05, 4.69) is 35.7 Å². The molecule has 1 aliphatic carbocycles. The van der Waals surface area contributed by atoms with E-state index in [-0.39, 0.29) is 18.2 Å². The Labute approximate surface area is 169 Å². The Kier molecular flexibility index (Phi) is 6.00. The van der Waals surface area contributed by atoms with Gasteiger partial charge in [0, 0.05) is 25.6 Å². The second-order valence-electron chi connectivity index (χ2n) is 9.61. The summed E-state index contributed by atoms with van der Waals surface area (Å²) in [7, 11) is 0. The lowest BCUT2D eigenvalue weighted by Gasteiger charge is -2.59. The molecule has 7 heteroatoms. The average molecular weight is 396 g/mol. The number of oxime groups is 1. The third kappa shape index (κ3) is 4.10. The molecule has 7 nitrogen and oxygen atoms in total. The molecule has 0 aromatic carbocycles. The Hall–Kier alpha value is -0.730. The molecule has 160 valence electrons. The van der Waals surface area contributed by atoms with Crippen LogP contribution in [-0.2, 0) is 14.3 Å². The summed E-state index contributed by atoms with van der Waals surface area (Å²) in [5.74, 6) is 0.393. The number of morpholine rings is 1. The van der Waals surface area contributed by atoms with Crippen molar-refractivity contribution in [1.82, 2.24) is 9.80 Å². The maximum Gasteiger partial charge on any atom is 0.144 e. The van der Waals surface area contributed by atoms with E-state index in [1.807, 2.05) is 0 Å². The third-order valence-electron chi connectivity index (χ3n) is 7.05. The Morgan fingerprint density at radius 1 is 1.18 bits per heavy atom. The van der Waals surface area contributed by atoms with Crippen molar-refractivity contribution in [2.24, 2.45) is 11.1 Å². The van der Waals surface area contributed by atoms with Crippen LogP contribution in [-0.4, -0.2) is 96.5 Å². The first-order valence-electron chi connectivity index (χ1n) is 11.0. The van der Waals surface area contributed by atoms with Gasteiger partial charge >= 0.3 is 0 Å². The van der Waals surface area contributed by atoms with Crippen molar-refractivity contribution in [2.45, 2.75) is 69.8 Å². The number of rotatable bonds is 6. The first-order valence-corrected chi connectivity index (χ1v) is 11.0. The zero-order chi connectivity index (χ0) is 19.8. The summed E-state index contributed by atoms with van der Waals surface area (Å²) in [4.78, 5) is 10.5. The second kappa shape index (κ2) is 8.19. The van der Waals surface area contributed by atoms with E-state index < -0.39 is 11.7 Å². The summed E-state index contributed by atoms with van der Waals surface area (Å²) in [6.07, 6.45) is 4.06. The first-order chi connectivity index (χ1) is 13.4. The highest BCUT2D eigenvalue weighted by Gasteiger charge is 2.59. The second-order valence-corrected chi connectivity index (χ2v) is 9.61. The number of β-amino-alcohol motifs (C(OH)–C–C–N with tert-alkyl or cyclic N) is 1. The van der Waals surface area contributed by atoms with Crippen LogP contribution < -0.4 is 0 Å². The molecular weight excluding hydrogens is 358 g/mol. The topological polar surface area (TPSA) is 66.8 Å². The molecule has 2 bridgehead atoms. The Morgan fingerprint density at radius 3 is 2.57 bits per heavy atom. The SMILES string of the molecule is CC1(C)O[C@@]2(C)CC[C@@H]1[C@H](N1CCOCC1)/C2=N/OCC(O)CN1CCCC1. The molecule has 0 radical (unpaired) electrons. The van der Waals surface area contributed by atoms with E-state index in [1.165, 1.54) is 12.8 Å². The van der Waals surface area contributed by atoms with Gasteiger partial charge in [-0.1, -0.05) is 5.16 Å². The lowest BCUT2D eigenvalue weighted by Crippen LogP contribution is -2.71. The number of ether oxygens (including phenoxy) is 2. The molecule has 4 saturated heterocycles. The van der Waals surface area contributed by atoms with Gasteiger partial charge in [-0.3, -0.25) is 4.90 Å². The zero-order valence-electron chi connectivity index (χ0n) is 17.7. The van der Waals surface area contributed by atoms with Crippen molar-refractivity contribution in [3.05, 3.63) is 0 Å². The van der Waals surface area contributed by atoms with Crippen molar-refractivity contribution >= 4 is 5.71 Å². The van der Waals surface area contributed by atoms with E-state index >= 15 is 0 Å². The quantitative estimate of drug-likeness (QED) is 0.688. The van der Waals surface area contributed by atoms with E-state index in [0.717, 1.165) is 57.9 Å². The Balaban J connectivity index is 1.46. The standard InChI is InChI=1S/C21H37N3O4/c1-20(2)17-6-7-21(3,28-20)19(18(17)24-10-12-26-13-11-24)22-27-15-16(25)14-23-8-4-5-9-23/h16-18,25H,4-15H2,1-3H3/b22-19-/t16?,17-,18+,21+/m1/s1. The minimum absolute atomic E-state index is 0.176. The molecule has 5 fully saturated rings. The van der Waals surface area contributed by atoms with Crippen molar-refractivity contribution < 1.29 is 19.4 Å². The maximum atomic E-state index is 10.3. The number of nitrogens with zero attached hydrogens (tertiary/aromatic N) is 3. The molecule has 4 aliphatic heterocycles. The molecular formula is C21H37N3O4. The molecule has 1 unspecified atom stereocenters. The molecule has 4 atom stereocenters. The predicted molar refractivity (Wildman–Crippen MR) is 108 cm³/mol. The third-order valence-corrected chi connectivity index (χ3v) is 7.05. The van der Waals surface area contributed by atoms with E-state index in [4.69, 9.17) is 14.3 Å². The summed E-state index contributed by atoms with van der Waals surface area (Å²) in [6.45, 7) is 13.0. The molecule has 1 N–H and O–H groups in total. The molecule has 1 saturated carbocycles. The Morgan fingerprint density at radius 2 is 1.89 bits per heavy atom. The summed E-state index contributed by atoms with van der Waals surface area (Å²) in [5.41, 5.74) is 0.420. The van der Waals surface area contributed by atoms with E-state index in [9.17, 15) is 5.11 Å².